The molecular weight excluding hydrogens is 314 g/mol. The lowest BCUT2D eigenvalue weighted by Crippen LogP contribution is -2.30. The summed E-state index contributed by atoms with van der Waals surface area (Å²) < 4.78 is 10.9. The van der Waals surface area contributed by atoms with Crippen LogP contribution in [0.5, 0.6) is 0 Å². The normalized spacial score (nSPS) is 10.5. The van der Waals surface area contributed by atoms with E-state index in [2.05, 4.69) is 15.9 Å². The average molecular weight is 332 g/mol. The number of methoxy groups -OCH3 is 2. The maximum Gasteiger partial charge on any atom is 0.335 e. The molecule has 0 saturated heterocycles. The zero-order chi connectivity index (χ0) is 14.3. The molecule has 0 fully saturated rings. The lowest BCUT2D eigenvalue weighted by atomic mass is 10.2. The first-order chi connectivity index (χ1) is 9.08. The number of benzene rings is 1. The summed E-state index contributed by atoms with van der Waals surface area (Å²) in [5, 5.41) is 9.08. The van der Waals surface area contributed by atoms with Gasteiger partial charge in [-0.15, -0.1) is 0 Å². The van der Waals surface area contributed by atoms with E-state index in [1.165, 1.54) is 0 Å². The predicted octanol–water partition coefficient (Wildman–Crippen LogP) is 2.25. The van der Waals surface area contributed by atoms with Crippen LogP contribution in [0.2, 0.25) is 0 Å². The summed E-state index contributed by atoms with van der Waals surface area (Å²) in [7, 11) is 3.27. The maximum absolute atomic E-state index is 11.1. The van der Waals surface area contributed by atoms with Crippen LogP contribution in [0.25, 0.3) is 0 Å². The molecule has 1 aromatic carbocycles. The van der Waals surface area contributed by atoms with Gasteiger partial charge in [0.1, 0.15) is 0 Å². The van der Waals surface area contributed by atoms with E-state index in [-0.39, 0.29) is 5.56 Å². The molecule has 19 heavy (non-hydrogen) atoms. The molecule has 0 saturated carbocycles. The Kier molecular flexibility index (Phi) is 6.83. The lowest BCUT2D eigenvalue weighted by molar-refractivity contribution is 0.0697. The van der Waals surface area contributed by atoms with Gasteiger partial charge < -0.3 is 19.5 Å². The molecule has 106 valence electrons. The fourth-order valence-electron chi connectivity index (χ4n) is 1.65. The van der Waals surface area contributed by atoms with E-state index in [9.17, 15) is 4.79 Å². The van der Waals surface area contributed by atoms with E-state index in [0.717, 1.165) is 10.2 Å². The van der Waals surface area contributed by atoms with E-state index >= 15 is 0 Å². The number of carboxylic acids is 1. The number of rotatable bonds is 8. The monoisotopic (exact) mass is 331 g/mol. The van der Waals surface area contributed by atoms with Crippen LogP contribution in [0.1, 0.15) is 10.4 Å². The van der Waals surface area contributed by atoms with Gasteiger partial charge >= 0.3 is 5.97 Å². The van der Waals surface area contributed by atoms with Crippen molar-refractivity contribution in [2.24, 2.45) is 0 Å². The predicted molar refractivity (Wildman–Crippen MR) is 77.1 cm³/mol. The third-order valence-electron chi connectivity index (χ3n) is 2.63. The number of ether oxygens (including phenoxy) is 2. The second kappa shape index (κ2) is 8.14. The Morgan fingerprint density at radius 1 is 1.21 bits per heavy atom. The van der Waals surface area contributed by atoms with Crippen LogP contribution in [-0.4, -0.2) is 51.6 Å². The SMILES string of the molecule is COCCN(CCOC)c1cc(Br)cc(C(=O)O)c1. The van der Waals surface area contributed by atoms with Crippen molar-refractivity contribution in [3.8, 4) is 0 Å². The van der Waals surface area contributed by atoms with Crippen molar-refractivity contribution in [1.82, 2.24) is 0 Å². The highest BCUT2D eigenvalue weighted by atomic mass is 79.9. The standard InChI is InChI=1S/C13H18BrNO4/c1-18-5-3-15(4-6-19-2)12-8-10(13(16)17)7-11(14)9-12/h7-9H,3-6H2,1-2H3,(H,16,17). The molecule has 0 aliphatic heterocycles. The molecule has 0 spiro atoms. The number of hydrogen-bond acceptors (Lipinski definition) is 4. The van der Waals surface area contributed by atoms with E-state index in [1.54, 1.807) is 26.4 Å². The quantitative estimate of drug-likeness (QED) is 0.791. The summed E-state index contributed by atoms with van der Waals surface area (Å²) >= 11 is 3.33. The highest BCUT2D eigenvalue weighted by Gasteiger charge is 2.11. The molecule has 1 aromatic rings. The fourth-order valence-corrected chi connectivity index (χ4v) is 2.13. The van der Waals surface area contributed by atoms with Gasteiger partial charge in [0.2, 0.25) is 0 Å². The van der Waals surface area contributed by atoms with Crippen molar-refractivity contribution >= 4 is 27.6 Å². The maximum atomic E-state index is 11.1. The third-order valence-corrected chi connectivity index (χ3v) is 3.08. The Balaban J connectivity index is 2.95. The van der Waals surface area contributed by atoms with Crippen molar-refractivity contribution < 1.29 is 19.4 Å². The minimum Gasteiger partial charge on any atom is -0.478 e. The number of nitrogens with zero attached hydrogens (tertiary/aromatic N) is 1. The summed E-state index contributed by atoms with van der Waals surface area (Å²) in [5.41, 5.74) is 1.09. The highest BCUT2D eigenvalue weighted by molar-refractivity contribution is 9.10. The van der Waals surface area contributed by atoms with E-state index in [4.69, 9.17) is 14.6 Å². The van der Waals surface area contributed by atoms with Gasteiger partial charge in [-0.25, -0.2) is 4.79 Å². The van der Waals surface area contributed by atoms with E-state index in [0.29, 0.717) is 26.3 Å². The van der Waals surface area contributed by atoms with Gasteiger partial charge in [-0.3, -0.25) is 0 Å². The molecule has 5 nitrogen and oxygen atoms in total. The Hall–Kier alpha value is -1.11. The van der Waals surface area contributed by atoms with Gasteiger partial charge in [0.25, 0.3) is 0 Å². The summed E-state index contributed by atoms with van der Waals surface area (Å²) in [6, 6.07) is 5.12. The number of carboxylic acid groups (broad SMARTS) is 1. The minimum atomic E-state index is -0.944. The number of aromatic carboxylic acids is 1. The Morgan fingerprint density at radius 3 is 2.26 bits per heavy atom. The first-order valence-corrected chi connectivity index (χ1v) is 6.64. The van der Waals surface area contributed by atoms with Crippen LogP contribution in [0, 0.1) is 0 Å². The molecule has 1 N–H and O–H groups in total. The van der Waals surface area contributed by atoms with Crippen molar-refractivity contribution in [3.05, 3.63) is 28.2 Å². The Morgan fingerprint density at radius 2 is 1.79 bits per heavy atom. The number of halogens is 1. The van der Waals surface area contributed by atoms with Crippen LogP contribution >= 0.6 is 15.9 Å². The summed E-state index contributed by atoms with van der Waals surface area (Å²) in [6.45, 7) is 2.49. The lowest BCUT2D eigenvalue weighted by Gasteiger charge is -2.24. The Labute approximate surface area is 121 Å². The van der Waals surface area contributed by atoms with Crippen LogP contribution in [0.3, 0.4) is 0 Å². The van der Waals surface area contributed by atoms with Gasteiger partial charge in [-0.1, -0.05) is 15.9 Å². The minimum absolute atomic E-state index is 0.254. The topological polar surface area (TPSA) is 59.0 Å². The Bertz CT molecular complexity index is 417. The van der Waals surface area contributed by atoms with Crippen molar-refractivity contribution in [2.75, 3.05) is 45.4 Å². The largest absolute Gasteiger partial charge is 0.478 e. The summed E-state index contributed by atoms with van der Waals surface area (Å²) in [5.74, 6) is -0.944. The molecule has 6 heteroatoms. The second-order valence-corrected chi connectivity index (χ2v) is 4.89. The van der Waals surface area contributed by atoms with Crippen molar-refractivity contribution in [1.29, 1.82) is 0 Å². The van der Waals surface area contributed by atoms with Gasteiger partial charge in [0.05, 0.1) is 18.8 Å². The van der Waals surface area contributed by atoms with E-state index < -0.39 is 5.97 Å². The van der Waals surface area contributed by atoms with Crippen LogP contribution in [0.15, 0.2) is 22.7 Å². The number of carbonyl (C=O) groups is 1. The number of anilines is 1. The fraction of sp³-hybridized carbons (Fsp3) is 0.462. The molecule has 0 radical (unpaired) electrons. The smallest absolute Gasteiger partial charge is 0.335 e. The summed E-state index contributed by atoms with van der Waals surface area (Å²) in [6.07, 6.45) is 0. The van der Waals surface area contributed by atoms with E-state index in [1.807, 2.05) is 11.0 Å². The molecule has 0 bridgehead atoms. The van der Waals surface area contributed by atoms with Crippen molar-refractivity contribution in [3.63, 3.8) is 0 Å². The zero-order valence-corrected chi connectivity index (χ0v) is 12.6. The van der Waals surface area contributed by atoms with Crippen LogP contribution < -0.4 is 4.90 Å². The molecule has 0 aliphatic rings. The molecule has 0 aliphatic carbocycles. The molecule has 0 unspecified atom stereocenters. The van der Waals surface area contributed by atoms with Crippen LogP contribution in [-0.2, 0) is 9.47 Å². The third kappa shape index (κ3) is 5.18. The molecular formula is C13H18BrNO4. The van der Waals surface area contributed by atoms with Crippen molar-refractivity contribution in [2.45, 2.75) is 0 Å². The zero-order valence-electron chi connectivity index (χ0n) is 11.1. The van der Waals surface area contributed by atoms with Gasteiger partial charge in [0, 0.05) is 37.5 Å². The average Bonchev–Trinajstić information content (AvgIpc) is 2.38. The molecule has 0 amide bonds. The molecule has 0 aromatic heterocycles. The number of hydrogen-bond donors (Lipinski definition) is 1. The molecule has 0 atom stereocenters. The highest BCUT2D eigenvalue weighted by Crippen LogP contribution is 2.23. The second-order valence-electron chi connectivity index (χ2n) is 3.98. The molecule has 1 rings (SSSR count). The van der Waals surface area contributed by atoms with Gasteiger partial charge in [-0.05, 0) is 18.2 Å². The van der Waals surface area contributed by atoms with Gasteiger partial charge in [0.15, 0.2) is 0 Å². The first-order valence-electron chi connectivity index (χ1n) is 5.85. The van der Waals surface area contributed by atoms with Crippen LogP contribution in [0.4, 0.5) is 5.69 Å². The summed E-state index contributed by atoms with van der Waals surface area (Å²) in [4.78, 5) is 13.1. The van der Waals surface area contributed by atoms with Gasteiger partial charge in [-0.2, -0.15) is 0 Å². The first kappa shape index (κ1) is 15.9. The molecule has 0 heterocycles.